The van der Waals surface area contributed by atoms with E-state index in [1.807, 2.05) is 0 Å². The first-order valence-corrected chi connectivity index (χ1v) is 5.09. The van der Waals surface area contributed by atoms with Gasteiger partial charge >= 0.3 is 0 Å². The van der Waals surface area contributed by atoms with Gasteiger partial charge in [0.1, 0.15) is 5.69 Å². The fraction of sp³-hybridized carbons (Fsp3) is 0.333. The second-order valence-corrected chi connectivity index (χ2v) is 3.94. The summed E-state index contributed by atoms with van der Waals surface area (Å²) in [6.45, 7) is 1.51. The summed E-state index contributed by atoms with van der Waals surface area (Å²) in [7, 11) is 0. The number of nitrogen functional groups attached to an aromatic ring is 1. The van der Waals surface area contributed by atoms with Crippen LogP contribution in [0.1, 0.15) is 6.42 Å². The summed E-state index contributed by atoms with van der Waals surface area (Å²) in [5.41, 5.74) is 6.87. The minimum atomic E-state index is 0.525. The molecule has 0 saturated carbocycles. The number of nitrogens with two attached hydrogens (primary N) is 1. The highest BCUT2D eigenvalue weighted by Crippen LogP contribution is 2.37. The summed E-state index contributed by atoms with van der Waals surface area (Å²) in [5, 5.41) is 2.76. The van der Waals surface area contributed by atoms with Crippen molar-refractivity contribution in [1.82, 2.24) is 0 Å². The molecule has 1 heterocycles. The summed E-state index contributed by atoms with van der Waals surface area (Å²) in [6.07, 6.45) is 0.983. The second kappa shape index (κ2) is 3.85. The van der Waals surface area contributed by atoms with Gasteiger partial charge < -0.3 is 5.73 Å². The molecule has 14 heavy (non-hydrogen) atoms. The lowest BCUT2D eigenvalue weighted by atomic mass is 10.2. The van der Waals surface area contributed by atoms with E-state index in [4.69, 9.17) is 33.8 Å². The molecule has 3 nitrogen and oxygen atoms in total. The lowest BCUT2D eigenvalue weighted by molar-refractivity contribution is 0.168. The van der Waals surface area contributed by atoms with Gasteiger partial charge in [-0.15, -0.1) is 0 Å². The maximum absolute atomic E-state index is 6.03. The van der Waals surface area contributed by atoms with E-state index in [2.05, 4.69) is 0 Å². The smallest absolute Gasteiger partial charge is 0.101 e. The molecule has 1 aromatic rings. The van der Waals surface area contributed by atoms with E-state index in [0.717, 1.165) is 13.0 Å². The normalized spacial score (nSPS) is 16.3. The van der Waals surface area contributed by atoms with Crippen LogP contribution in [0.3, 0.4) is 0 Å². The zero-order valence-electron chi connectivity index (χ0n) is 7.46. The number of hydrogen-bond acceptors (Lipinski definition) is 3. The lowest BCUT2D eigenvalue weighted by Crippen LogP contribution is -2.17. The van der Waals surface area contributed by atoms with Crippen molar-refractivity contribution in [3.8, 4) is 0 Å². The second-order valence-electron chi connectivity index (χ2n) is 3.12. The highest BCUT2D eigenvalue weighted by atomic mass is 35.5. The number of hydroxylamine groups is 1. The average Bonchev–Trinajstić information content (AvgIpc) is 2.54. The highest BCUT2D eigenvalue weighted by Gasteiger charge is 2.19. The van der Waals surface area contributed by atoms with E-state index in [1.54, 1.807) is 17.2 Å². The molecule has 0 aromatic heterocycles. The van der Waals surface area contributed by atoms with Crippen molar-refractivity contribution >= 4 is 34.6 Å². The first-order valence-electron chi connectivity index (χ1n) is 4.33. The minimum Gasteiger partial charge on any atom is -0.399 e. The highest BCUT2D eigenvalue weighted by molar-refractivity contribution is 6.39. The molecule has 0 radical (unpaired) electrons. The van der Waals surface area contributed by atoms with Crippen molar-refractivity contribution in [2.45, 2.75) is 6.42 Å². The Morgan fingerprint density at radius 2 is 1.93 bits per heavy atom. The van der Waals surface area contributed by atoms with Gasteiger partial charge in [-0.3, -0.25) is 9.90 Å². The maximum Gasteiger partial charge on any atom is 0.101 e. The van der Waals surface area contributed by atoms with Crippen LogP contribution in [-0.2, 0) is 4.84 Å². The van der Waals surface area contributed by atoms with Crippen LogP contribution >= 0.6 is 23.2 Å². The molecule has 0 bridgehead atoms. The molecule has 1 aliphatic rings. The Balaban J connectivity index is 2.40. The third-order valence-electron chi connectivity index (χ3n) is 2.04. The van der Waals surface area contributed by atoms with E-state index in [0.29, 0.717) is 28.0 Å². The van der Waals surface area contributed by atoms with Crippen molar-refractivity contribution in [3.63, 3.8) is 0 Å². The maximum atomic E-state index is 6.03. The topological polar surface area (TPSA) is 38.5 Å². The summed E-state index contributed by atoms with van der Waals surface area (Å²) >= 11 is 12.1. The number of halogens is 2. The van der Waals surface area contributed by atoms with Crippen LogP contribution in [-0.4, -0.2) is 13.2 Å². The molecule has 1 aromatic carbocycles. The van der Waals surface area contributed by atoms with Crippen molar-refractivity contribution in [1.29, 1.82) is 0 Å². The van der Waals surface area contributed by atoms with Gasteiger partial charge in [-0.25, -0.2) is 0 Å². The van der Waals surface area contributed by atoms with Gasteiger partial charge in [-0.05, 0) is 18.6 Å². The largest absolute Gasteiger partial charge is 0.399 e. The summed E-state index contributed by atoms with van der Waals surface area (Å²) in [5.74, 6) is 0. The molecule has 1 fully saturated rings. The summed E-state index contributed by atoms with van der Waals surface area (Å²) < 4.78 is 0. The van der Waals surface area contributed by atoms with Gasteiger partial charge in [0.15, 0.2) is 0 Å². The predicted molar refractivity (Wildman–Crippen MR) is 58.8 cm³/mol. The lowest BCUT2D eigenvalue weighted by Gasteiger charge is -2.19. The molecule has 0 atom stereocenters. The molecule has 0 aliphatic carbocycles. The fourth-order valence-corrected chi connectivity index (χ4v) is 2.14. The third-order valence-corrected chi connectivity index (χ3v) is 2.62. The first kappa shape index (κ1) is 9.90. The third kappa shape index (κ3) is 1.75. The van der Waals surface area contributed by atoms with Crippen molar-refractivity contribution in [2.24, 2.45) is 0 Å². The molecule has 2 N–H and O–H groups in total. The number of hydrogen-bond donors (Lipinski definition) is 1. The van der Waals surface area contributed by atoms with Gasteiger partial charge in [-0.2, -0.15) is 0 Å². The monoisotopic (exact) mass is 232 g/mol. The predicted octanol–water partition coefficient (Wildman–Crippen LogP) is 2.72. The summed E-state index contributed by atoms with van der Waals surface area (Å²) in [6, 6.07) is 3.34. The molecule has 0 unspecified atom stereocenters. The fourth-order valence-electron chi connectivity index (χ4n) is 1.45. The molecule has 1 aliphatic heterocycles. The van der Waals surface area contributed by atoms with Crippen molar-refractivity contribution in [2.75, 3.05) is 23.9 Å². The molecule has 0 spiro atoms. The van der Waals surface area contributed by atoms with Crippen LogP contribution in [0.25, 0.3) is 0 Å². The zero-order valence-corrected chi connectivity index (χ0v) is 8.98. The van der Waals surface area contributed by atoms with Gasteiger partial charge in [-0.1, -0.05) is 23.2 Å². The molecule has 2 rings (SSSR count). The van der Waals surface area contributed by atoms with Crippen LogP contribution < -0.4 is 10.8 Å². The molecule has 0 amide bonds. The van der Waals surface area contributed by atoms with Crippen LogP contribution in [0.2, 0.25) is 10.0 Å². The van der Waals surface area contributed by atoms with E-state index in [9.17, 15) is 0 Å². The van der Waals surface area contributed by atoms with Gasteiger partial charge in [0, 0.05) is 12.2 Å². The SMILES string of the molecule is Nc1cc(Cl)c(N2CCCO2)c(Cl)c1. The Kier molecular flexibility index (Phi) is 2.72. The quantitative estimate of drug-likeness (QED) is 0.758. The Morgan fingerprint density at radius 1 is 1.29 bits per heavy atom. The van der Waals surface area contributed by atoms with Crippen LogP contribution in [0.4, 0.5) is 11.4 Å². The number of benzene rings is 1. The van der Waals surface area contributed by atoms with Gasteiger partial charge in [0.25, 0.3) is 0 Å². The van der Waals surface area contributed by atoms with E-state index in [1.165, 1.54) is 0 Å². The zero-order chi connectivity index (χ0) is 10.1. The Labute approximate surface area is 92.3 Å². The van der Waals surface area contributed by atoms with Crippen LogP contribution in [0.5, 0.6) is 0 Å². The Morgan fingerprint density at radius 3 is 2.43 bits per heavy atom. The van der Waals surface area contributed by atoms with Gasteiger partial charge in [0.2, 0.25) is 0 Å². The number of rotatable bonds is 1. The molecule has 76 valence electrons. The molecule has 1 saturated heterocycles. The number of nitrogens with zero attached hydrogens (tertiary/aromatic N) is 1. The average molecular weight is 233 g/mol. The van der Waals surface area contributed by atoms with Crippen LogP contribution in [0.15, 0.2) is 12.1 Å². The minimum absolute atomic E-state index is 0.525. The molecular formula is C9H10Cl2N2O. The van der Waals surface area contributed by atoms with Crippen molar-refractivity contribution in [3.05, 3.63) is 22.2 Å². The van der Waals surface area contributed by atoms with E-state index >= 15 is 0 Å². The number of anilines is 2. The van der Waals surface area contributed by atoms with E-state index in [-0.39, 0.29) is 0 Å². The molecule has 5 heteroatoms. The van der Waals surface area contributed by atoms with Gasteiger partial charge in [0.05, 0.1) is 16.7 Å². The standard InChI is InChI=1S/C9H10Cl2N2O/c10-7-4-6(12)5-8(11)9(7)13-2-1-3-14-13/h4-5H,1-3,12H2. The first-order chi connectivity index (χ1) is 6.68. The summed E-state index contributed by atoms with van der Waals surface area (Å²) in [4.78, 5) is 5.36. The Bertz CT molecular complexity index is 328. The molecular weight excluding hydrogens is 223 g/mol. The van der Waals surface area contributed by atoms with Crippen LogP contribution in [0, 0.1) is 0 Å². The van der Waals surface area contributed by atoms with E-state index < -0.39 is 0 Å². The van der Waals surface area contributed by atoms with Crippen molar-refractivity contribution < 1.29 is 4.84 Å². The Hall–Kier alpha value is -0.640.